The molecule has 1 aromatic heterocycles. The number of nitrogens with one attached hydrogen (secondary N) is 1. The van der Waals surface area contributed by atoms with Crippen molar-refractivity contribution in [3.05, 3.63) is 18.2 Å². The molecule has 2 aliphatic rings. The van der Waals surface area contributed by atoms with Gasteiger partial charge in [0.2, 0.25) is 5.91 Å². The highest BCUT2D eigenvalue weighted by molar-refractivity contribution is 5.89. The second-order valence-corrected chi connectivity index (χ2v) is 7.91. The molecule has 0 radical (unpaired) electrons. The maximum atomic E-state index is 12.5. The zero-order chi connectivity index (χ0) is 18.0. The summed E-state index contributed by atoms with van der Waals surface area (Å²) in [5.74, 6) is 0.967. The summed E-state index contributed by atoms with van der Waals surface area (Å²) in [5.41, 5.74) is 0.475. The lowest BCUT2D eigenvalue weighted by Crippen LogP contribution is -2.51. The molecular formula is C18H27N5O2. The topological polar surface area (TPSA) is 78.4 Å². The van der Waals surface area contributed by atoms with Crippen LogP contribution in [0.2, 0.25) is 0 Å². The van der Waals surface area contributed by atoms with E-state index >= 15 is 0 Å². The monoisotopic (exact) mass is 345 g/mol. The number of aromatic nitrogens is 2. The Morgan fingerprint density at radius 2 is 1.92 bits per heavy atom. The molecule has 0 spiro atoms. The summed E-state index contributed by atoms with van der Waals surface area (Å²) in [6, 6.07) is -0.00234. The molecule has 0 bridgehead atoms. The van der Waals surface area contributed by atoms with E-state index in [1.165, 1.54) is 0 Å². The summed E-state index contributed by atoms with van der Waals surface area (Å²) in [7, 11) is 0. The van der Waals surface area contributed by atoms with Gasteiger partial charge in [-0.1, -0.05) is 20.8 Å². The van der Waals surface area contributed by atoms with Gasteiger partial charge in [0.05, 0.1) is 18.1 Å². The number of carbonyl (C=O) groups excluding carboxylic acids is 2. The van der Waals surface area contributed by atoms with E-state index in [-0.39, 0.29) is 23.4 Å². The van der Waals surface area contributed by atoms with Crippen LogP contribution in [0.15, 0.2) is 12.4 Å². The summed E-state index contributed by atoms with van der Waals surface area (Å²) in [5, 5.41) is 2.87. The van der Waals surface area contributed by atoms with E-state index in [9.17, 15) is 9.59 Å². The van der Waals surface area contributed by atoms with Crippen molar-refractivity contribution in [1.29, 1.82) is 0 Å². The minimum Gasteiger partial charge on any atom is -0.338 e. The van der Waals surface area contributed by atoms with Crippen molar-refractivity contribution in [1.82, 2.24) is 19.8 Å². The molecule has 0 aromatic carbocycles. The standard InChI is InChI=1S/C18H27N5O2/c1-18(2,3)16-19-10-13(11-20-16)21-17(25)22-8-4-6-14(12-22)23-9-5-7-15(23)24/h10-11,14H,4-9,12H2,1-3H3,(H,21,25)/t14-/m1/s1. The largest absolute Gasteiger partial charge is 0.338 e. The molecule has 136 valence electrons. The number of piperidine rings is 1. The van der Waals surface area contributed by atoms with Crippen LogP contribution in [-0.2, 0) is 10.2 Å². The van der Waals surface area contributed by atoms with Gasteiger partial charge >= 0.3 is 6.03 Å². The molecular weight excluding hydrogens is 318 g/mol. The number of anilines is 1. The molecule has 2 fully saturated rings. The van der Waals surface area contributed by atoms with Gasteiger partial charge in [0.15, 0.2) is 0 Å². The van der Waals surface area contributed by atoms with Gasteiger partial charge in [-0.3, -0.25) is 4.79 Å². The zero-order valence-electron chi connectivity index (χ0n) is 15.3. The van der Waals surface area contributed by atoms with Crippen molar-refractivity contribution in [2.45, 2.75) is 57.9 Å². The third-order valence-corrected chi connectivity index (χ3v) is 4.81. The number of hydrogen-bond donors (Lipinski definition) is 1. The molecule has 1 N–H and O–H groups in total. The molecule has 1 aromatic rings. The van der Waals surface area contributed by atoms with E-state index < -0.39 is 0 Å². The molecule has 1 atom stereocenters. The number of carbonyl (C=O) groups is 2. The van der Waals surface area contributed by atoms with Crippen LogP contribution in [0.4, 0.5) is 10.5 Å². The molecule has 3 amide bonds. The van der Waals surface area contributed by atoms with Crippen molar-refractivity contribution in [3.63, 3.8) is 0 Å². The first-order chi connectivity index (χ1) is 11.8. The van der Waals surface area contributed by atoms with Crippen LogP contribution in [0.1, 0.15) is 52.3 Å². The highest BCUT2D eigenvalue weighted by Gasteiger charge is 2.32. The third kappa shape index (κ3) is 4.08. The van der Waals surface area contributed by atoms with Gasteiger partial charge in [0, 0.05) is 37.5 Å². The fraction of sp³-hybridized carbons (Fsp3) is 0.667. The Hall–Kier alpha value is -2.18. The average Bonchev–Trinajstić information content (AvgIpc) is 3.01. The van der Waals surface area contributed by atoms with Crippen LogP contribution < -0.4 is 5.32 Å². The van der Waals surface area contributed by atoms with Crippen LogP contribution in [0.3, 0.4) is 0 Å². The normalized spacial score (nSPS) is 21.6. The van der Waals surface area contributed by atoms with Gasteiger partial charge in [0.25, 0.3) is 0 Å². The first kappa shape index (κ1) is 17.6. The Kier molecular flexibility index (Phi) is 4.92. The maximum Gasteiger partial charge on any atom is 0.322 e. The van der Waals surface area contributed by atoms with Crippen LogP contribution in [-0.4, -0.2) is 57.4 Å². The molecule has 0 saturated carbocycles. The number of amides is 3. The lowest BCUT2D eigenvalue weighted by atomic mass is 9.96. The van der Waals surface area contributed by atoms with Gasteiger partial charge in [-0.05, 0) is 19.3 Å². The number of hydrogen-bond acceptors (Lipinski definition) is 4. The molecule has 7 nitrogen and oxygen atoms in total. The second kappa shape index (κ2) is 6.98. The van der Waals surface area contributed by atoms with E-state index in [0.29, 0.717) is 25.2 Å². The Labute approximate surface area is 148 Å². The molecule has 3 rings (SSSR count). The smallest absolute Gasteiger partial charge is 0.322 e. The first-order valence-corrected chi connectivity index (χ1v) is 9.02. The van der Waals surface area contributed by atoms with Gasteiger partial charge in [-0.25, -0.2) is 14.8 Å². The van der Waals surface area contributed by atoms with Crippen molar-refractivity contribution < 1.29 is 9.59 Å². The van der Waals surface area contributed by atoms with E-state index in [2.05, 4.69) is 15.3 Å². The van der Waals surface area contributed by atoms with Crippen molar-refractivity contribution in [2.24, 2.45) is 0 Å². The van der Waals surface area contributed by atoms with Crippen molar-refractivity contribution >= 4 is 17.6 Å². The zero-order valence-corrected chi connectivity index (χ0v) is 15.3. The van der Waals surface area contributed by atoms with Crippen LogP contribution in [0.5, 0.6) is 0 Å². The molecule has 25 heavy (non-hydrogen) atoms. The Morgan fingerprint density at radius 3 is 2.52 bits per heavy atom. The fourth-order valence-electron chi connectivity index (χ4n) is 3.43. The predicted octanol–water partition coefficient (Wildman–Crippen LogP) is 2.39. The minimum absolute atomic E-state index is 0.120. The molecule has 7 heteroatoms. The first-order valence-electron chi connectivity index (χ1n) is 9.02. The number of likely N-dealkylation sites (tertiary alicyclic amines) is 2. The Morgan fingerprint density at radius 1 is 1.20 bits per heavy atom. The summed E-state index contributed by atoms with van der Waals surface area (Å²) >= 11 is 0. The van der Waals surface area contributed by atoms with Gasteiger partial charge < -0.3 is 15.1 Å². The van der Waals surface area contributed by atoms with E-state index in [0.717, 1.165) is 31.6 Å². The maximum absolute atomic E-state index is 12.5. The van der Waals surface area contributed by atoms with E-state index in [4.69, 9.17) is 0 Å². The lowest BCUT2D eigenvalue weighted by Gasteiger charge is -2.37. The van der Waals surface area contributed by atoms with Gasteiger partial charge in [0.1, 0.15) is 5.82 Å². The SMILES string of the molecule is CC(C)(C)c1ncc(NC(=O)N2CCC[C@@H](N3CCCC3=O)C2)cn1. The highest BCUT2D eigenvalue weighted by Crippen LogP contribution is 2.22. The number of rotatable bonds is 2. The highest BCUT2D eigenvalue weighted by atomic mass is 16.2. The van der Waals surface area contributed by atoms with Gasteiger partial charge in [-0.15, -0.1) is 0 Å². The average molecular weight is 345 g/mol. The van der Waals surface area contributed by atoms with Crippen LogP contribution >= 0.6 is 0 Å². The molecule has 3 heterocycles. The number of urea groups is 1. The summed E-state index contributed by atoms with van der Waals surface area (Å²) in [4.78, 5) is 36.9. The van der Waals surface area contributed by atoms with Crippen LogP contribution in [0.25, 0.3) is 0 Å². The van der Waals surface area contributed by atoms with Gasteiger partial charge in [-0.2, -0.15) is 0 Å². The predicted molar refractivity (Wildman–Crippen MR) is 95.3 cm³/mol. The summed E-state index contributed by atoms with van der Waals surface area (Å²) in [6.07, 6.45) is 6.76. The lowest BCUT2D eigenvalue weighted by molar-refractivity contribution is -0.130. The summed E-state index contributed by atoms with van der Waals surface area (Å²) < 4.78 is 0. The molecule has 0 unspecified atom stereocenters. The quantitative estimate of drug-likeness (QED) is 0.893. The molecule has 2 aliphatic heterocycles. The summed E-state index contributed by atoms with van der Waals surface area (Å²) in [6.45, 7) is 8.28. The van der Waals surface area contributed by atoms with Crippen LogP contribution in [0, 0.1) is 0 Å². The Balaban J connectivity index is 1.60. The third-order valence-electron chi connectivity index (χ3n) is 4.81. The fourth-order valence-corrected chi connectivity index (χ4v) is 3.43. The van der Waals surface area contributed by atoms with Crippen molar-refractivity contribution in [3.8, 4) is 0 Å². The molecule has 0 aliphatic carbocycles. The number of nitrogens with zero attached hydrogens (tertiary/aromatic N) is 4. The van der Waals surface area contributed by atoms with Crippen molar-refractivity contribution in [2.75, 3.05) is 25.0 Å². The van der Waals surface area contributed by atoms with E-state index in [1.807, 2.05) is 25.7 Å². The minimum atomic E-state index is -0.150. The molecule has 2 saturated heterocycles. The second-order valence-electron chi connectivity index (χ2n) is 7.91. The van der Waals surface area contributed by atoms with E-state index in [1.54, 1.807) is 17.3 Å². The Bertz CT molecular complexity index is 638.